The lowest BCUT2D eigenvalue weighted by atomic mass is 9.93. The summed E-state index contributed by atoms with van der Waals surface area (Å²) in [7, 11) is 0. The molecule has 84 valence electrons. The lowest BCUT2D eigenvalue weighted by Crippen LogP contribution is -2.34. The zero-order valence-electron chi connectivity index (χ0n) is 8.86. The van der Waals surface area contributed by atoms with Crippen molar-refractivity contribution in [1.82, 2.24) is 19.9 Å². The van der Waals surface area contributed by atoms with Crippen LogP contribution in [0.4, 0.5) is 0 Å². The minimum Gasteiger partial charge on any atom is -0.307 e. The highest BCUT2D eigenvalue weighted by Crippen LogP contribution is 2.18. The predicted octanol–water partition coefficient (Wildman–Crippen LogP) is 2.13. The lowest BCUT2D eigenvalue weighted by Gasteiger charge is -2.25. The molecule has 1 aliphatic carbocycles. The summed E-state index contributed by atoms with van der Waals surface area (Å²) in [6, 6.07) is 4.62. The van der Waals surface area contributed by atoms with Gasteiger partial charge in [-0.1, -0.05) is 6.42 Å². The zero-order chi connectivity index (χ0) is 11.0. The van der Waals surface area contributed by atoms with Gasteiger partial charge in [0.05, 0.1) is 6.54 Å². The maximum absolute atomic E-state index is 4.45. The lowest BCUT2D eigenvalue weighted by molar-refractivity contribution is 0.335. The zero-order valence-corrected chi connectivity index (χ0v) is 10.4. The molecule has 0 aliphatic heterocycles. The summed E-state index contributed by atoms with van der Waals surface area (Å²) in [6.07, 6.45) is 5.86. The molecule has 1 fully saturated rings. The molecule has 0 aromatic carbocycles. The molecule has 1 N–H and O–H groups in total. The Labute approximate surface area is 102 Å². The van der Waals surface area contributed by atoms with Crippen molar-refractivity contribution < 1.29 is 0 Å². The van der Waals surface area contributed by atoms with Gasteiger partial charge >= 0.3 is 0 Å². The number of fused-ring (bicyclic) bond motifs is 1. The summed E-state index contributed by atoms with van der Waals surface area (Å²) in [4.78, 5) is 4.45. The van der Waals surface area contributed by atoms with Gasteiger partial charge in [-0.25, -0.2) is 9.50 Å². The number of halogens is 1. The normalized spacial score (nSPS) is 16.6. The van der Waals surface area contributed by atoms with Crippen molar-refractivity contribution in [2.75, 3.05) is 0 Å². The van der Waals surface area contributed by atoms with Gasteiger partial charge in [0.15, 0.2) is 11.5 Å². The highest BCUT2D eigenvalue weighted by atomic mass is 79.9. The standard InChI is InChI=1S/C11H13BrN4/c12-8-4-5-11-14-10(15-16(11)7-8)6-13-9-2-1-3-9/h4-5,7,9,13H,1-3,6H2. The first-order chi connectivity index (χ1) is 7.81. The molecule has 1 saturated carbocycles. The van der Waals surface area contributed by atoms with E-state index in [1.165, 1.54) is 19.3 Å². The maximum atomic E-state index is 4.45. The molecule has 1 aliphatic rings. The monoisotopic (exact) mass is 280 g/mol. The van der Waals surface area contributed by atoms with Crippen LogP contribution in [0.2, 0.25) is 0 Å². The first kappa shape index (κ1) is 10.2. The van der Waals surface area contributed by atoms with Crippen LogP contribution in [0.15, 0.2) is 22.8 Å². The van der Waals surface area contributed by atoms with E-state index in [1.54, 1.807) is 0 Å². The Morgan fingerprint density at radius 2 is 2.31 bits per heavy atom. The van der Waals surface area contributed by atoms with Crippen LogP contribution >= 0.6 is 15.9 Å². The number of aromatic nitrogens is 3. The fourth-order valence-corrected chi connectivity index (χ4v) is 2.15. The summed E-state index contributed by atoms with van der Waals surface area (Å²) >= 11 is 3.42. The van der Waals surface area contributed by atoms with Crippen molar-refractivity contribution in [1.29, 1.82) is 0 Å². The number of pyridine rings is 1. The Balaban J connectivity index is 1.76. The summed E-state index contributed by atoms with van der Waals surface area (Å²) in [5.74, 6) is 0.866. The van der Waals surface area contributed by atoms with Gasteiger partial charge in [0.2, 0.25) is 0 Å². The van der Waals surface area contributed by atoms with E-state index in [9.17, 15) is 0 Å². The summed E-state index contributed by atoms with van der Waals surface area (Å²) in [5.41, 5.74) is 0.897. The Bertz CT molecular complexity index is 504. The smallest absolute Gasteiger partial charge is 0.165 e. The van der Waals surface area contributed by atoms with E-state index in [4.69, 9.17) is 0 Å². The Morgan fingerprint density at radius 1 is 1.44 bits per heavy atom. The van der Waals surface area contributed by atoms with Crippen LogP contribution in [-0.4, -0.2) is 20.6 Å². The number of nitrogens with one attached hydrogen (secondary N) is 1. The summed E-state index contributed by atoms with van der Waals surface area (Å²) in [6.45, 7) is 0.768. The maximum Gasteiger partial charge on any atom is 0.165 e. The third-order valence-electron chi connectivity index (χ3n) is 2.99. The molecule has 0 amide bonds. The van der Waals surface area contributed by atoms with Crippen molar-refractivity contribution in [2.24, 2.45) is 0 Å². The van der Waals surface area contributed by atoms with Gasteiger partial charge < -0.3 is 5.32 Å². The highest BCUT2D eigenvalue weighted by Gasteiger charge is 2.16. The predicted molar refractivity (Wildman–Crippen MR) is 65.2 cm³/mol. The topological polar surface area (TPSA) is 42.2 Å². The second-order valence-corrected chi connectivity index (χ2v) is 5.10. The van der Waals surface area contributed by atoms with E-state index < -0.39 is 0 Å². The fraction of sp³-hybridized carbons (Fsp3) is 0.455. The van der Waals surface area contributed by atoms with Gasteiger partial charge in [-0.3, -0.25) is 0 Å². The van der Waals surface area contributed by atoms with E-state index in [0.29, 0.717) is 6.04 Å². The van der Waals surface area contributed by atoms with Crippen LogP contribution in [0.3, 0.4) is 0 Å². The number of hydrogen-bond donors (Lipinski definition) is 1. The van der Waals surface area contributed by atoms with Crippen molar-refractivity contribution in [3.8, 4) is 0 Å². The first-order valence-corrected chi connectivity index (χ1v) is 6.35. The van der Waals surface area contributed by atoms with E-state index in [2.05, 4.69) is 31.3 Å². The molecule has 4 nitrogen and oxygen atoms in total. The quantitative estimate of drug-likeness (QED) is 0.937. The average molecular weight is 281 g/mol. The molecule has 2 aromatic heterocycles. The molecule has 3 rings (SSSR count). The summed E-state index contributed by atoms with van der Waals surface area (Å²) in [5, 5.41) is 7.88. The van der Waals surface area contributed by atoms with Gasteiger partial charge in [-0.15, -0.1) is 5.10 Å². The number of rotatable bonds is 3. The van der Waals surface area contributed by atoms with Crippen molar-refractivity contribution in [2.45, 2.75) is 31.8 Å². The molecule has 0 atom stereocenters. The molecule has 0 bridgehead atoms. The van der Waals surface area contributed by atoms with Crippen LogP contribution in [0.25, 0.3) is 5.65 Å². The molecule has 2 aromatic rings. The summed E-state index contributed by atoms with van der Waals surface area (Å²) < 4.78 is 2.82. The van der Waals surface area contributed by atoms with E-state index in [0.717, 1.165) is 22.5 Å². The molecule has 5 heteroatoms. The minimum absolute atomic E-state index is 0.679. The first-order valence-electron chi connectivity index (χ1n) is 5.55. The van der Waals surface area contributed by atoms with E-state index in [1.807, 2.05) is 22.8 Å². The van der Waals surface area contributed by atoms with Crippen LogP contribution in [0.5, 0.6) is 0 Å². The van der Waals surface area contributed by atoms with Crippen molar-refractivity contribution in [3.05, 3.63) is 28.6 Å². The van der Waals surface area contributed by atoms with Gasteiger partial charge in [-0.2, -0.15) is 0 Å². The minimum atomic E-state index is 0.679. The van der Waals surface area contributed by atoms with Gasteiger partial charge in [-0.05, 0) is 40.9 Å². The van der Waals surface area contributed by atoms with Crippen LogP contribution in [-0.2, 0) is 6.54 Å². The highest BCUT2D eigenvalue weighted by molar-refractivity contribution is 9.10. The second-order valence-electron chi connectivity index (χ2n) is 4.19. The molecular weight excluding hydrogens is 268 g/mol. The van der Waals surface area contributed by atoms with E-state index in [-0.39, 0.29) is 0 Å². The van der Waals surface area contributed by atoms with E-state index >= 15 is 0 Å². The number of nitrogens with zero attached hydrogens (tertiary/aromatic N) is 3. The third kappa shape index (κ3) is 1.97. The average Bonchev–Trinajstić information content (AvgIpc) is 2.57. The molecule has 0 spiro atoms. The van der Waals surface area contributed by atoms with Crippen molar-refractivity contribution in [3.63, 3.8) is 0 Å². The van der Waals surface area contributed by atoms with Crippen LogP contribution in [0.1, 0.15) is 25.1 Å². The molecule has 16 heavy (non-hydrogen) atoms. The Hall–Kier alpha value is -0.940. The molecule has 2 heterocycles. The Morgan fingerprint density at radius 3 is 3.06 bits per heavy atom. The van der Waals surface area contributed by atoms with Gasteiger partial charge in [0.1, 0.15) is 0 Å². The SMILES string of the molecule is Brc1ccc2nc(CNC3CCC3)nn2c1. The molecular formula is C11H13BrN4. The third-order valence-corrected chi connectivity index (χ3v) is 3.46. The largest absolute Gasteiger partial charge is 0.307 e. The molecule has 0 saturated heterocycles. The molecule has 0 unspecified atom stereocenters. The van der Waals surface area contributed by atoms with Gasteiger partial charge in [0.25, 0.3) is 0 Å². The molecule has 0 radical (unpaired) electrons. The fourth-order valence-electron chi connectivity index (χ4n) is 1.83. The number of hydrogen-bond acceptors (Lipinski definition) is 3. The van der Waals surface area contributed by atoms with Crippen LogP contribution in [0, 0.1) is 0 Å². The van der Waals surface area contributed by atoms with Crippen molar-refractivity contribution >= 4 is 21.6 Å². The Kier molecular flexibility index (Phi) is 2.65. The van der Waals surface area contributed by atoms with Crippen LogP contribution < -0.4 is 5.32 Å². The second kappa shape index (κ2) is 4.14. The van der Waals surface area contributed by atoms with Gasteiger partial charge in [0, 0.05) is 16.7 Å².